The maximum atomic E-state index is 10.7. The van der Waals surface area contributed by atoms with Crippen molar-refractivity contribution in [1.29, 1.82) is 0 Å². The fraction of sp³-hybridized carbons (Fsp3) is 0.583. The monoisotopic (exact) mass is 257 g/mol. The maximum absolute atomic E-state index is 10.7. The molecule has 4 nitrogen and oxygen atoms in total. The third-order valence-corrected chi connectivity index (χ3v) is 3.22. The Bertz CT molecular complexity index is 374. The molecule has 1 heterocycles. The second-order valence-electron chi connectivity index (χ2n) is 4.40. The molecule has 96 valence electrons. The molecule has 1 aromatic heterocycles. The van der Waals surface area contributed by atoms with Gasteiger partial charge in [0.15, 0.2) is 0 Å². The Morgan fingerprint density at radius 1 is 1.59 bits per heavy atom. The average Bonchev–Trinajstić information content (AvgIpc) is 2.66. The van der Waals surface area contributed by atoms with Gasteiger partial charge in [-0.05, 0) is 26.8 Å². The number of carbonyl (C=O) groups is 1. The van der Waals surface area contributed by atoms with Crippen molar-refractivity contribution in [2.45, 2.75) is 32.9 Å². The van der Waals surface area contributed by atoms with Crippen LogP contribution in [0.4, 0.5) is 0 Å². The lowest BCUT2D eigenvalue weighted by Crippen LogP contribution is -2.37. The number of nitrogens with one attached hydrogen (secondary N) is 1. The van der Waals surface area contributed by atoms with E-state index < -0.39 is 5.97 Å². The molecule has 0 aromatic carbocycles. The van der Waals surface area contributed by atoms with Crippen LogP contribution in [0.5, 0.6) is 0 Å². The Morgan fingerprint density at radius 2 is 2.29 bits per heavy atom. The zero-order valence-electron chi connectivity index (χ0n) is 10.4. The molecule has 1 rings (SSSR count). The fourth-order valence-corrected chi connectivity index (χ4v) is 2.34. The minimum Gasteiger partial charge on any atom is -0.478 e. The van der Waals surface area contributed by atoms with Crippen LogP contribution in [0.25, 0.3) is 0 Å². The zero-order chi connectivity index (χ0) is 12.9. The summed E-state index contributed by atoms with van der Waals surface area (Å²) in [5.41, 5.74) is 0.164. The van der Waals surface area contributed by atoms with Crippen LogP contribution in [0, 0.1) is 0 Å². The Balaban J connectivity index is 2.38. The average molecular weight is 257 g/mol. The van der Waals surface area contributed by atoms with Gasteiger partial charge in [0.1, 0.15) is 0 Å². The smallest absolute Gasteiger partial charge is 0.336 e. The van der Waals surface area contributed by atoms with Gasteiger partial charge in [-0.3, -0.25) is 0 Å². The third-order valence-electron chi connectivity index (χ3n) is 2.29. The summed E-state index contributed by atoms with van der Waals surface area (Å²) < 4.78 is 5.56. The molecule has 0 amide bonds. The summed E-state index contributed by atoms with van der Waals surface area (Å²) in [5, 5.41) is 13.7. The van der Waals surface area contributed by atoms with Gasteiger partial charge in [0.05, 0.1) is 11.2 Å². The van der Waals surface area contributed by atoms with Crippen LogP contribution < -0.4 is 5.32 Å². The van der Waals surface area contributed by atoms with E-state index in [0.717, 1.165) is 11.4 Å². The molecule has 0 bridgehead atoms. The van der Waals surface area contributed by atoms with E-state index in [9.17, 15) is 4.79 Å². The van der Waals surface area contributed by atoms with Gasteiger partial charge in [0.2, 0.25) is 0 Å². The van der Waals surface area contributed by atoms with Crippen molar-refractivity contribution in [3.8, 4) is 0 Å². The molecule has 17 heavy (non-hydrogen) atoms. The standard InChI is InChI=1S/C12H19NO3S/c1-4-16-12(2,3)8-13-6-10-5-9(7-17-10)11(14)15/h5,7,13H,4,6,8H2,1-3H3,(H,14,15). The van der Waals surface area contributed by atoms with E-state index in [1.807, 2.05) is 20.8 Å². The lowest BCUT2D eigenvalue weighted by molar-refractivity contribution is -0.00894. The summed E-state index contributed by atoms with van der Waals surface area (Å²) in [5.74, 6) is -0.873. The largest absolute Gasteiger partial charge is 0.478 e. The number of ether oxygens (including phenoxy) is 1. The molecule has 0 aliphatic rings. The quantitative estimate of drug-likeness (QED) is 0.787. The molecule has 0 unspecified atom stereocenters. The Labute approximate surface area is 106 Å². The minimum absolute atomic E-state index is 0.193. The van der Waals surface area contributed by atoms with E-state index in [2.05, 4.69) is 5.32 Å². The zero-order valence-corrected chi connectivity index (χ0v) is 11.3. The number of aromatic carboxylic acids is 1. The number of thiophene rings is 1. The van der Waals surface area contributed by atoms with Gasteiger partial charge < -0.3 is 15.2 Å². The Hall–Kier alpha value is -0.910. The van der Waals surface area contributed by atoms with Crippen LogP contribution in [-0.4, -0.2) is 29.8 Å². The summed E-state index contributed by atoms with van der Waals surface area (Å²) in [6.45, 7) is 8.13. The molecular formula is C12H19NO3S. The van der Waals surface area contributed by atoms with Crippen LogP contribution in [0.1, 0.15) is 36.0 Å². The summed E-state index contributed by atoms with van der Waals surface area (Å²) in [7, 11) is 0. The molecule has 0 spiro atoms. The van der Waals surface area contributed by atoms with Crippen molar-refractivity contribution in [1.82, 2.24) is 5.32 Å². The van der Waals surface area contributed by atoms with Gasteiger partial charge >= 0.3 is 5.97 Å². The molecule has 0 saturated carbocycles. The first-order chi connectivity index (χ1) is 7.94. The van der Waals surface area contributed by atoms with Crippen LogP contribution in [0.2, 0.25) is 0 Å². The molecule has 1 aromatic rings. The highest BCUT2D eigenvalue weighted by atomic mass is 32.1. The number of hydrogen-bond donors (Lipinski definition) is 2. The number of carboxylic acids is 1. The topological polar surface area (TPSA) is 58.6 Å². The van der Waals surface area contributed by atoms with Gasteiger partial charge in [0, 0.05) is 30.0 Å². The van der Waals surface area contributed by atoms with Crippen LogP contribution in [-0.2, 0) is 11.3 Å². The fourth-order valence-electron chi connectivity index (χ4n) is 1.51. The molecule has 2 N–H and O–H groups in total. The lowest BCUT2D eigenvalue weighted by atomic mass is 10.1. The molecule has 0 fully saturated rings. The van der Waals surface area contributed by atoms with Gasteiger partial charge in [-0.1, -0.05) is 0 Å². The Kier molecular flexibility index (Phi) is 5.11. The molecular weight excluding hydrogens is 238 g/mol. The first-order valence-electron chi connectivity index (χ1n) is 5.60. The number of carboxylic acid groups (broad SMARTS) is 1. The predicted octanol–water partition coefficient (Wildman–Crippen LogP) is 2.35. The molecule has 0 aliphatic heterocycles. The SMILES string of the molecule is CCOC(C)(C)CNCc1cc(C(=O)O)cs1. The molecule has 0 aliphatic carbocycles. The van der Waals surface area contributed by atoms with E-state index >= 15 is 0 Å². The molecule has 0 radical (unpaired) electrons. The lowest BCUT2D eigenvalue weighted by Gasteiger charge is -2.24. The maximum Gasteiger partial charge on any atom is 0.336 e. The van der Waals surface area contributed by atoms with Crippen molar-refractivity contribution >= 4 is 17.3 Å². The van der Waals surface area contributed by atoms with Gasteiger partial charge in [-0.25, -0.2) is 4.79 Å². The predicted molar refractivity (Wildman–Crippen MR) is 68.7 cm³/mol. The van der Waals surface area contributed by atoms with Crippen LogP contribution >= 0.6 is 11.3 Å². The minimum atomic E-state index is -0.873. The van der Waals surface area contributed by atoms with Gasteiger partial charge in [-0.2, -0.15) is 0 Å². The second kappa shape index (κ2) is 6.14. The highest BCUT2D eigenvalue weighted by molar-refractivity contribution is 7.10. The number of hydrogen-bond acceptors (Lipinski definition) is 4. The van der Waals surface area contributed by atoms with Crippen LogP contribution in [0.15, 0.2) is 11.4 Å². The van der Waals surface area contributed by atoms with Crippen molar-refractivity contribution in [3.05, 3.63) is 21.9 Å². The first kappa shape index (κ1) is 14.2. The normalized spacial score (nSPS) is 11.7. The van der Waals surface area contributed by atoms with E-state index in [1.54, 1.807) is 11.4 Å². The molecule has 0 atom stereocenters. The van der Waals surface area contributed by atoms with Gasteiger partial charge in [0.25, 0.3) is 0 Å². The first-order valence-corrected chi connectivity index (χ1v) is 6.48. The van der Waals surface area contributed by atoms with Crippen molar-refractivity contribution in [2.24, 2.45) is 0 Å². The third kappa shape index (κ3) is 4.85. The summed E-state index contributed by atoms with van der Waals surface area (Å²) >= 11 is 1.46. The van der Waals surface area contributed by atoms with E-state index in [-0.39, 0.29) is 5.60 Å². The highest BCUT2D eigenvalue weighted by Gasteiger charge is 2.16. The van der Waals surface area contributed by atoms with Crippen molar-refractivity contribution < 1.29 is 14.6 Å². The summed E-state index contributed by atoms with van der Waals surface area (Å²) in [6, 6.07) is 1.70. The Morgan fingerprint density at radius 3 is 2.82 bits per heavy atom. The van der Waals surface area contributed by atoms with E-state index in [1.165, 1.54) is 11.3 Å². The van der Waals surface area contributed by atoms with E-state index in [4.69, 9.17) is 9.84 Å². The van der Waals surface area contributed by atoms with Crippen LogP contribution in [0.3, 0.4) is 0 Å². The van der Waals surface area contributed by atoms with E-state index in [0.29, 0.717) is 18.7 Å². The van der Waals surface area contributed by atoms with Crippen molar-refractivity contribution in [2.75, 3.05) is 13.2 Å². The van der Waals surface area contributed by atoms with Crippen molar-refractivity contribution in [3.63, 3.8) is 0 Å². The molecule has 0 saturated heterocycles. The van der Waals surface area contributed by atoms with Gasteiger partial charge in [-0.15, -0.1) is 11.3 Å². The summed E-state index contributed by atoms with van der Waals surface area (Å²) in [4.78, 5) is 11.7. The molecule has 5 heteroatoms. The summed E-state index contributed by atoms with van der Waals surface area (Å²) in [6.07, 6.45) is 0. The number of rotatable bonds is 7. The highest BCUT2D eigenvalue weighted by Crippen LogP contribution is 2.15. The second-order valence-corrected chi connectivity index (χ2v) is 5.40.